The third-order valence-electron chi connectivity index (χ3n) is 5.07. The van der Waals surface area contributed by atoms with E-state index in [-0.39, 0.29) is 12.2 Å². The summed E-state index contributed by atoms with van der Waals surface area (Å²) in [5.41, 5.74) is -0.296. The largest absolute Gasteiger partial charge is 0.487 e. The molecule has 7 nitrogen and oxygen atoms in total. The van der Waals surface area contributed by atoms with Crippen LogP contribution in [0.2, 0.25) is 0 Å². The molecule has 0 saturated heterocycles. The van der Waals surface area contributed by atoms with Crippen LogP contribution in [0.3, 0.4) is 0 Å². The Balaban J connectivity index is 1.66. The van der Waals surface area contributed by atoms with E-state index in [0.717, 1.165) is 16.3 Å². The molecule has 7 heteroatoms. The van der Waals surface area contributed by atoms with Crippen molar-refractivity contribution in [3.63, 3.8) is 0 Å². The number of benzene rings is 3. The lowest BCUT2D eigenvalue weighted by molar-refractivity contribution is -0.143. The molecule has 0 bridgehead atoms. The topological polar surface area (TPSA) is 94.1 Å². The van der Waals surface area contributed by atoms with Crippen LogP contribution >= 0.6 is 0 Å². The number of aliphatic carboxylic acids is 1. The Morgan fingerprint density at radius 2 is 1.77 bits per heavy atom. The Labute approximate surface area is 179 Å². The number of carboxylic acids is 1. The third kappa shape index (κ3) is 4.26. The molecule has 0 radical (unpaired) electrons. The molecular formula is C24H23NO6. The second kappa shape index (κ2) is 8.18. The van der Waals surface area contributed by atoms with Gasteiger partial charge in [-0.15, -0.1) is 0 Å². The molecular weight excluding hydrogens is 398 g/mol. The number of fused-ring (bicyclic) bond motifs is 2. The minimum absolute atomic E-state index is 0.202. The number of carbonyl (C=O) groups is 2. The number of hydrogen-bond donors (Lipinski definition) is 2. The molecule has 0 fully saturated rings. The molecule has 0 aromatic heterocycles. The number of nitrogens with one attached hydrogen (secondary N) is 1. The molecule has 2 N–H and O–H groups in total. The van der Waals surface area contributed by atoms with Gasteiger partial charge in [-0.2, -0.15) is 0 Å². The number of rotatable bonds is 6. The quantitative estimate of drug-likeness (QED) is 0.629. The standard InChI is InChI=1S/C24H23NO6/c1-24(2,23(27)28)25-22(26)18-9-8-16-5-3-4-6-17(16)21(18)31-14-15-7-10-19-20(13-15)30-12-11-29-19/h3-10,13H,11-12,14H2,1-2H3,(H,25,26)(H,27,28). The van der Waals surface area contributed by atoms with Crippen molar-refractivity contribution in [2.75, 3.05) is 13.2 Å². The number of carbonyl (C=O) groups excluding carboxylic acids is 1. The lowest BCUT2D eigenvalue weighted by Crippen LogP contribution is -2.49. The molecule has 1 aliphatic rings. The monoisotopic (exact) mass is 421 g/mol. The summed E-state index contributed by atoms with van der Waals surface area (Å²) in [5, 5.41) is 13.6. The smallest absolute Gasteiger partial charge is 0.328 e. The summed E-state index contributed by atoms with van der Waals surface area (Å²) in [6.45, 7) is 4.08. The molecule has 0 atom stereocenters. The van der Waals surface area contributed by atoms with Gasteiger partial charge >= 0.3 is 5.97 Å². The fourth-order valence-electron chi connectivity index (χ4n) is 3.31. The Morgan fingerprint density at radius 1 is 1.03 bits per heavy atom. The molecule has 0 spiro atoms. The van der Waals surface area contributed by atoms with Crippen LogP contribution in [0.25, 0.3) is 10.8 Å². The Kier molecular flexibility index (Phi) is 5.42. The van der Waals surface area contributed by atoms with Crippen LogP contribution in [0, 0.1) is 0 Å². The van der Waals surface area contributed by atoms with Crippen LogP contribution in [-0.2, 0) is 11.4 Å². The first-order valence-corrected chi connectivity index (χ1v) is 9.94. The molecule has 31 heavy (non-hydrogen) atoms. The van der Waals surface area contributed by atoms with E-state index < -0.39 is 17.4 Å². The Bertz CT molecular complexity index is 1150. The van der Waals surface area contributed by atoms with Gasteiger partial charge in [-0.05, 0) is 43.0 Å². The van der Waals surface area contributed by atoms with E-state index in [1.807, 2.05) is 48.5 Å². The molecule has 0 aliphatic carbocycles. The van der Waals surface area contributed by atoms with Crippen molar-refractivity contribution >= 4 is 22.6 Å². The van der Waals surface area contributed by atoms with E-state index in [0.29, 0.717) is 30.5 Å². The van der Waals surface area contributed by atoms with Crippen molar-refractivity contribution < 1.29 is 28.9 Å². The summed E-state index contributed by atoms with van der Waals surface area (Å²) >= 11 is 0. The summed E-state index contributed by atoms with van der Waals surface area (Å²) in [5.74, 6) is 0.102. The second-order valence-electron chi connectivity index (χ2n) is 7.81. The van der Waals surface area contributed by atoms with Gasteiger partial charge in [0.1, 0.15) is 31.1 Å². The van der Waals surface area contributed by atoms with Crippen LogP contribution in [-0.4, -0.2) is 35.7 Å². The maximum Gasteiger partial charge on any atom is 0.328 e. The van der Waals surface area contributed by atoms with E-state index in [2.05, 4.69) is 5.32 Å². The van der Waals surface area contributed by atoms with Gasteiger partial charge in [-0.25, -0.2) is 4.79 Å². The van der Waals surface area contributed by atoms with Gasteiger partial charge in [0, 0.05) is 5.39 Å². The summed E-state index contributed by atoms with van der Waals surface area (Å²) < 4.78 is 17.3. The second-order valence-corrected chi connectivity index (χ2v) is 7.81. The van der Waals surface area contributed by atoms with E-state index >= 15 is 0 Å². The highest BCUT2D eigenvalue weighted by atomic mass is 16.6. The predicted molar refractivity (Wildman–Crippen MR) is 115 cm³/mol. The van der Waals surface area contributed by atoms with Crippen molar-refractivity contribution in [1.82, 2.24) is 5.32 Å². The van der Waals surface area contributed by atoms with Gasteiger partial charge in [0.15, 0.2) is 11.5 Å². The van der Waals surface area contributed by atoms with E-state index in [1.54, 1.807) is 6.07 Å². The minimum Gasteiger partial charge on any atom is -0.487 e. The lowest BCUT2D eigenvalue weighted by atomic mass is 10.0. The molecule has 1 aliphatic heterocycles. The van der Waals surface area contributed by atoms with E-state index in [9.17, 15) is 14.7 Å². The van der Waals surface area contributed by atoms with Crippen LogP contribution in [0.1, 0.15) is 29.8 Å². The maximum atomic E-state index is 12.9. The Morgan fingerprint density at radius 3 is 2.55 bits per heavy atom. The average molecular weight is 421 g/mol. The number of carboxylic acid groups (broad SMARTS) is 1. The maximum absolute atomic E-state index is 12.9. The summed E-state index contributed by atoms with van der Waals surface area (Å²) in [6.07, 6.45) is 0. The lowest BCUT2D eigenvalue weighted by Gasteiger charge is -2.22. The fraction of sp³-hybridized carbons (Fsp3) is 0.250. The molecule has 1 heterocycles. The first kappa shape index (κ1) is 20.5. The molecule has 0 unspecified atom stereocenters. The van der Waals surface area contributed by atoms with E-state index in [1.165, 1.54) is 13.8 Å². The fourth-order valence-corrected chi connectivity index (χ4v) is 3.31. The third-order valence-corrected chi connectivity index (χ3v) is 5.07. The molecule has 4 rings (SSSR count). The number of amides is 1. The molecule has 1 amide bonds. The van der Waals surface area contributed by atoms with Crippen LogP contribution in [0.5, 0.6) is 17.2 Å². The number of ether oxygens (including phenoxy) is 3. The summed E-state index contributed by atoms with van der Waals surface area (Å²) in [7, 11) is 0. The first-order chi connectivity index (χ1) is 14.8. The Hall–Kier alpha value is -3.74. The van der Waals surface area contributed by atoms with Crippen molar-refractivity contribution in [2.45, 2.75) is 26.0 Å². The molecule has 160 valence electrons. The zero-order valence-corrected chi connectivity index (χ0v) is 17.3. The number of hydrogen-bond acceptors (Lipinski definition) is 5. The highest BCUT2D eigenvalue weighted by Gasteiger charge is 2.30. The van der Waals surface area contributed by atoms with Crippen LogP contribution in [0.4, 0.5) is 0 Å². The van der Waals surface area contributed by atoms with Gasteiger partial charge in [-0.3, -0.25) is 4.79 Å². The highest BCUT2D eigenvalue weighted by molar-refractivity contribution is 6.05. The normalized spacial score (nSPS) is 13.0. The van der Waals surface area contributed by atoms with Crippen molar-refractivity contribution in [1.29, 1.82) is 0 Å². The molecule has 3 aromatic rings. The van der Waals surface area contributed by atoms with Gasteiger partial charge in [0.2, 0.25) is 0 Å². The molecule has 3 aromatic carbocycles. The SMILES string of the molecule is CC(C)(NC(=O)c1ccc2ccccc2c1OCc1ccc2c(c1)OCCO2)C(=O)O. The van der Waals surface area contributed by atoms with Crippen LogP contribution < -0.4 is 19.5 Å². The predicted octanol–water partition coefficient (Wildman–Crippen LogP) is 3.78. The average Bonchev–Trinajstić information content (AvgIpc) is 2.76. The molecule has 0 saturated carbocycles. The van der Waals surface area contributed by atoms with Crippen molar-refractivity contribution in [3.8, 4) is 17.2 Å². The van der Waals surface area contributed by atoms with Gasteiger partial charge in [-0.1, -0.05) is 36.4 Å². The summed E-state index contributed by atoms with van der Waals surface area (Å²) in [4.78, 5) is 24.4. The van der Waals surface area contributed by atoms with Crippen molar-refractivity contribution in [3.05, 3.63) is 65.7 Å². The summed E-state index contributed by atoms with van der Waals surface area (Å²) in [6, 6.07) is 16.6. The first-order valence-electron chi connectivity index (χ1n) is 9.94. The minimum atomic E-state index is -1.42. The van der Waals surface area contributed by atoms with Gasteiger partial charge in [0.05, 0.1) is 5.56 Å². The van der Waals surface area contributed by atoms with Crippen LogP contribution in [0.15, 0.2) is 54.6 Å². The highest BCUT2D eigenvalue weighted by Crippen LogP contribution is 2.33. The van der Waals surface area contributed by atoms with Gasteiger partial charge in [0.25, 0.3) is 5.91 Å². The van der Waals surface area contributed by atoms with Crippen molar-refractivity contribution in [2.24, 2.45) is 0 Å². The zero-order valence-electron chi connectivity index (χ0n) is 17.3. The zero-order chi connectivity index (χ0) is 22.0. The van der Waals surface area contributed by atoms with E-state index in [4.69, 9.17) is 14.2 Å². The van der Waals surface area contributed by atoms with Gasteiger partial charge < -0.3 is 24.6 Å².